The number of hydrogen-bond acceptors (Lipinski definition) is 7. The van der Waals surface area contributed by atoms with Crippen molar-refractivity contribution in [1.29, 1.82) is 0 Å². The molecule has 166 valence electrons. The first-order valence-corrected chi connectivity index (χ1v) is 10.1. The molecule has 1 aliphatic heterocycles. The van der Waals surface area contributed by atoms with Crippen LogP contribution >= 0.6 is 0 Å². The molecule has 1 saturated heterocycles. The fourth-order valence-electron chi connectivity index (χ4n) is 3.92. The molecule has 0 radical (unpaired) electrons. The van der Waals surface area contributed by atoms with Crippen molar-refractivity contribution < 1.29 is 24.1 Å². The lowest BCUT2D eigenvalue weighted by molar-refractivity contribution is -0.122. The van der Waals surface area contributed by atoms with Gasteiger partial charge in [0.05, 0.1) is 50.4 Å². The van der Waals surface area contributed by atoms with E-state index in [2.05, 4.69) is 50.1 Å². The zero-order valence-electron chi connectivity index (χ0n) is 17.9. The van der Waals surface area contributed by atoms with Crippen molar-refractivity contribution in [3.05, 3.63) is 48.8 Å². The standard InChI is InChI=1S/C22H22N4O3.CH2O2/c1-27-21-12-17-18(13-22(21)28-2)24-23-14-20(17)26-6-5-15-11-16(3-4-19(15)26)25-7-9-29-10-8-25;2-1-3/h3-6,11-14H,7-10H2,1-2H3;1H,(H,2,3). The number of hydrogen-bond donors (Lipinski definition) is 1. The summed E-state index contributed by atoms with van der Waals surface area (Å²) in [7, 11) is 3.25. The van der Waals surface area contributed by atoms with Crippen molar-refractivity contribution in [2.24, 2.45) is 0 Å². The summed E-state index contributed by atoms with van der Waals surface area (Å²) in [6.07, 6.45) is 3.85. The Hall–Kier alpha value is -3.85. The number of fused-ring (bicyclic) bond motifs is 2. The summed E-state index contributed by atoms with van der Waals surface area (Å²) in [5, 5.41) is 17.5. The van der Waals surface area contributed by atoms with Crippen LogP contribution in [0.2, 0.25) is 0 Å². The van der Waals surface area contributed by atoms with Crippen LogP contribution in [0.3, 0.4) is 0 Å². The van der Waals surface area contributed by atoms with Gasteiger partial charge >= 0.3 is 0 Å². The normalized spacial score (nSPS) is 13.5. The monoisotopic (exact) mass is 436 g/mol. The Bertz CT molecular complexity index is 1230. The van der Waals surface area contributed by atoms with Gasteiger partial charge in [-0.2, -0.15) is 10.2 Å². The number of methoxy groups -OCH3 is 2. The highest BCUT2D eigenvalue weighted by Gasteiger charge is 2.15. The number of carbonyl (C=O) groups is 1. The number of carboxylic acid groups (broad SMARTS) is 1. The number of ether oxygens (including phenoxy) is 3. The fraction of sp³-hybridized carbons (Fsp3) is 0.261. The average molecular weight is 436 g/mol. The van der Waals surface area contributed by atoms with Crippen molar-refractivity contribution in [2.75, 3.05) is 45.4 Å². The van der Waals surface area contributed by atoms with Crippen molar-refractivity contribution >= 4 is 34.0 Å². The fourth-order valence-corrected chi connectivity index (χ4v) is 3.92. The molecule has 1 fully saturated rings. The number of aromatic nitrogens is 3. The zero-order chi connectivity index (χ0) is 22.5. The summed E-state index contributed by atoms with van der Waals surface area (Å²) < 4.78 is 18.5. The van der Waals surface area contributed by atoms with E-state index in [-0.39, 0.29) is 6.47 Å². The molecule has 0 atom stereocenters. The maximum absolute atomic E-state index is 8.36. The number of benzene rings is 2. The summed E-state index contributed by atoms with van der Waals surface area (Å²) in [5.74, 6) is 1.30. The molecule has 2 aromatic carbocycles. The molecule has 0 saturated carbocycles. The average Bonchev–Trinajstić information content (AvgIpc) is 3.27. The maximum atomic E-state index is 8.36. The van der Waals surface area contributed by atoms with E-state index >= 15 is 0 Å². The lowest BCUT2D eigenvalue weighted by Crippen LogP contribution is -2.36. The summed E-state index contributed by atoms with van der Waals surface area (Å²) in [6.45, 7) is 3.15. The first kappa shape index (κ1) is 21.4. The Morgan fingerprint density at radius 3 is 2.50 bits per heavy atom. The van der Waals surface area contributed by atoms with Crippen LogP contribution in [0.1, 0.15) is 0 Å². The van der Waals surface area contributed by atoms with Gasteiger partial charge in [0.1, 0.15) is 0 Å². The minimum atomic E-state index is -0.250. The highest BCUT2D eigenvalue weighted by molar-refractivity contribution is 5.93. The predicted octanol–water partition coefficient (Wildman–Crippen LogP) is 3.13. The van der Waals surface area contributed by atoms with Gasteiger partial charge in [-0.1, -0.05) is 0 Å². The molecule has 32 heavy (non-hydrogen) atoms. The molecule has 3 heterocycles. The van der Waals surface area contributed by atoms with Crippen LogP contribution in [0.5, 0.6) is 11.5 Å². The van der Waals surface area contributed by atoms with Gasteiger partial charge in [0.15, 0.2) is 11.5 Å². The Balaban J connectivity index is 0.000000775. The Morgan fingerprint density at radius 2 is 1.78 bits per heavy atom. The number of morpholine rings is 1. The topological polar surface area (TPSA) is 98.9 Å². The SMILES string of the molecule is COc1cc2nncc(-n3ccc4cc(N5CCOCC5)ccc43)c2cc1OC.O=CO. The lowest BCUT2D eigenvalue weighted by atomic mass is 10.1. The second-order valence-corrected chi connectivity index (χ2v) is 7.09. The molecule has 0 bridgehead atoms. The third-order valence-corrected chi connectivity index (χ3v) is 5.43. The highest BCUT2D eigenvalue weighted by atomic mass is 16.5. The summed E-state index contributed by atoms with van der Waals surface area (Å²) >= 11 is 0. The molecule has 4 aromatic rings. The molecule has 0 spiro atoms. The third kappa shape index (κ3) is 4.02. The van der Waals surface area contributed by atoms with E-state index in [4.69, 9.17) is 24.1 Å². The van der Waals surface area contributed by atoms with Crippen LogP contribution in [-0.2, 0) is 9.53 Å². The molecule has 9 nitrogen and oxygen atoms in total. The van der Waals surface area contributed by atoms with E-state index in [1.54, 1.807) is 20.4 Å². The van der Waals surface area contributed by atoms with Gasteiger partial charge in [-0.05, 0) is 30.3 Å². The van der Waals surface area contributed by atoms with Crippen LogP contribution < -0.4 is 14.4 Å². The van der Waals surface area contributed by atoms with Gasteiger partial charge in [0.2, 0.25) is 0 Å². The van der Waals surface area contributed by atoms with Crippen molar-refractivity contribution in [3.63, 3.8) is 0 Å². The quantitative estimate of drug-likeness (QED) is 0.487. The van der Waals surface area contributed by atoms with Gasteiger partial charge < -0.3 is 28.8 Å². The largest absolute Gasteiger partial charge is 0.493 e. The molecule has 5 rings (SSSR count). The molecule has 9 heteroatoms. The molecule has 2 aromatic heterocycles. The van der Waals surface area contributed by atoms with E-state index in [0.29, 0.717) is 11.5 Å². The van der Waals surface area contributed by atoms with Gasteiger partial charge in [-0.25, -0.2) is 0 Å². The Kier molecular flexibility index (Phi) is 6.37. The van der Waals surface area contributed by atoms with Crippen molar-refractivity contribution in [3.8, 4) is 17.2 Å². The smallest absolute Gasteiger partial charge is 0.290 e. The molecular formula is C23H24N4O5. The van der Waals surface area contributed by atoms with Gasteiger partial charge in [-0.15, -0.1) is 0 Å². The third-order valence-electron chi connectivity index (χ3n) is 5.43. The first-order chi connectivity index (χ1) is 15.7. The number of nitrogens with zero attached hydrogens (tertiary/aromatic N) is 4. The van der Waals surface area contributed by atoms with Gasteiger partial charge in [-0.3, -0.25) is 4.79 Å². The molecule has 1 aliphatic rings. The van der Waals surface area contributed by atoms with E-state index in [1.807, 2.05) is 12.1 Å². The van der Waals surface area contributed by atoms with Gasteiger partial charge in [0.25, 0.3) is 6.47 Å². The number of anilines is 1. The van der Waals surface area contributed by atoms with Crippen molar-refractivity contribution in [1.82, 2.24) is 14.8 Å². The molecule has 0 amide bonds. The van der Waals surface area contributed by atoms with E-state index in [1.165, 1.54) is 11.1 Å². The van der Waals surface area contributed by atoms with E-state index in [0.717, 1.165) is 48.4 Å². The first-order valence-electron chi connectivity index (χ1n) is 10.1. The van der Waals surface area contributed by atoms with E-state index in [9.17, 15) is 0 Å². The highest BCUT2D eigenvalue weighted by Crippen LogP contribution is 2.35. The lowest BCUT2D eigenvalue weighted by Gasteiger charge is -2.28. The van der Waals surface area contributed by atoms with Gasteiger partial charge in [0, 0.05) is 41.8 Å². The van der Waals surface area contributed by atoms with E-state index < -0.39 is 0 Å². The zero-order valence-corrected chi connectivity index (χ0v) is 17.9. The molecule has 0 unspecified atom stereocenters. The molecule has 0 aliphatic carbocycles. The predicted molar refractivity (Wildman–Crippen MR) is 121 cm³/mol. The molecule has 1 N–H and O–H groups in total. The van der Waals surface area contributed by atoms with Crippen LogP contribution in [0.4, 0.5) is 5.69 Å². The Morgan fingerprint density at radius 1 is 1.06 bits per heavy atom. The summed E-state index contributed by atoms with van der Waals surface area (Å²) in [5.41, 5.74) is 4.05. The minimum absolute atomic E-state index is 0.250. The van der Waals surface area contributed by atoms with Crippen LogP contribution in [0.25, 0.3) is 27.5 Å². The maximum Gasteiger partial charge on any atom is 0.290 e. The number of rotatable bonds is 4. The second-order valence-electron chi connectivity index (χ2n) is 7.09. The van der Waals surface area contributed by atoms with Crippen molar-refractivity contribution in [2.45, 2.75) is 0 Å². The van der Waals surface area contributed by atoms with Crippen LogP contribution in [0, 0.1) is 0 Å². The Labute approximate surface area is 184 Å². The minimum Gasteiger partial charge on any atom is -0.493 e. The van der Waals surface area contributed by atoms with Crippen LogP contribution in [-0.4, -0.2) is 66.9 Å². The van der Waals surface area contributed by atoms with Crippen LogP contribution in [0.15, 0.2) is 48.8 Å². The summed E-state index contributed by atoms with van der Waals surface area (Å²) in [4.78, 5) is 10.7. The molecular weight excluding hydrogens is 412 g/mol. The second kappa shape index (κ2) is 9.52. The summed E-state index contributed by atoms with van der Waals surface area (Å²) in [6, 6.07) is 12.5.